The lowest BCUT2D eigenvalue weighted by atomic mass is 10.1. The molecule has 1 atom stereocenters. The number of hydrogen-bond donors (Lipinski definition) is 2. The predicted octanol–water partition coefficient (Wildman–Crippen LogP) is 1.79. The van der Waals surface area contributed by atoms with Gasteiger partial charge in [-0.15, -0.1) is 0 Å². The molecule has 19 heavy (non-hydrogen) atoms. The minimum atomic E-state index is 0.0131. The number of fused-ring (bicyclic) bond motifs is 1. The summed E-state index contributed by atoms with van der Waals surface area (Å²) in [6.45, 7) is 2.78. The summed E-state index contributed by atoms with van der Waals surface area (Å²) in [6.07, 6.45) is 0. The van der Waals surface area contributed by atoms with E-state index < -0.39 is 0 Å². The van der Waals surface area contributed by atoms with Crippen molar-refractivity contribution >= 4 is 40.6 Å². The maximum Gasteiger partial charge on any atom is 0.317 e. The Hall–Kier alpha value is -1.33. The van der Waals surface area contributed by atoms with Gasteiger partial charge in [-0.3, -0.25) is 0 Å². The molecule has 1 aromatic carbocycles. The van der Waals surface area contributed by atoms with Gasteiger partial charge in [-0.05, 0) is 12.1 Å². The maximum atomic E-state index is 11.6. The van der Waals surface area contributed by atoms with Crippen LogP contribution in [0.25, 0.3) is 0 Å². The molecule has 2 fully saturated rings. The second-order valence-corrected chi connectivity index (χ2v) is 5.63. The fraction of sp³-hybridized carbons (Fsp3) is 0.417. The number of nitrogen functional groups attached to an aromatic ring is 1. The van der Waals surface area contributed by atoms with Crippen molar-refractivity contribution in [3.05, 3.63) is 22.2 Å². The van der Waals surface area contributed by atoms with E-state index in [0.29, 0.717) is 35.4 Å². The van der Waals surface area contributed by atoms with Crippen LogP contribution in [-0.4, -0.2) is 43.2 Å². The Morgan fingerprint density at radius 1 is 1.26 bits per heavy atom. The van der Waals surface area contributed by atoms with E-state index in [4.69, 9.17) is 28.9 Å². The highest BCUT2D eigenvalue weighted by Gasteiger charge is 2.36. The summed E-state index contributed by atoms with van der Waals surface area (Å²) in [5.74, 6) is 0. The molecule has 2 amide bonds. The average Bonchev–Trinajstić information content (AvgIpc) is 2.69. The van der Waals surface area contributed by atoms with E-state index in [9.17, 15) is 4.79 Å². The summed E-state index contributed by atoms with van der Waals surface area (Å²) >= 11 is 12.5. The van der Waals surface area contributed by atoms with Gasteiger partial charge < -0.3 is 20.9 Å². The Balaban J connectivity index is 1.87. The SMILES string of the molecule is Nc1cc(Cl)c(N2CCN3C(=O)NCC3C2)c(Cl)c1. The number of nitrogens with one attached hydrogen (secondary N) is 1. The van der Waals surface area contributed by atoms with Crippen LogP contribution < -0.4 is 16.0 Å². The monoisotopic (exact) mass is 300 g/mol. The van der Waals surface area contributed by atoms with Crippen LogP contribution in [0.2, 0.25) is 10.0 Å². The van der Waals surface area contributed by atoms with Gasteiger partial charge in [0.2, 0.25) is 0 Å². The first-order valence-electron chi connectivity index (χ1n) is 6.10. The Labute approximate surface area is 121 Å². The van der Waals surface area contributed by atoms with Crippen molar-refractivity contribution < 1.29 is 4.79 Å². The van der Waals surface area contributed by atoms with Crippen LogP contribution in [0.1, 0.15) is 0 Å². The zero-order chi connectivity index (χ0) is 13.6. The molecule has 102 valence electrons. The number of hydrogen-bond acceptors (Lipinski definition) is 3. The zero-order valence-corrected chi connectivity index (χ0v) is 11.7. The van der Waals surface area contributed by atoms with E-state index in [1.54, 1.807) is 12.1 Å². The Morgan fingerprint density at radius 2 is 1.95 bits per heavy atom. The standard InChI is InChI=1S/C12H14Cl2N4O/c13-9-3-7(15)4-10(14)11(9)17-1-2-18-8(6-17)5-16-12(18)19/h3-4,8H,1-2,5-6,15H2,(H,16,19). The number of rotatable bonds is 1. The summed E-state index contributed by atoms with van der Waals surface area (Å²) in [5, 5.41) is 3.95. The third kappa shape index (κ3) is 2.17. The molecule has 2 aliphatic rings. The Morgan fingerprint density at radius 3 is 2.63 bits per heavy atom. The van der Waals surface area contributed by atoms with Crippen molar-refractivity contribution in [2.75, 3.05) is 36.8 Å². The first kappa shape index (κ1) is 12.7. The van der Waals surface area contributed by atoms with Gasteiger partial charge in [0, 0.05) is 31.9 Å². The van der Waals surface area contributed by atoms with Crippen LogP contribution in [0.15, 0.2) is 12.1 Å². The quantitative estimate of drug-likeness (QED) is 0.777. The predicted molar refractivity (Wildman–Crippen MR) is 77.0 cm³/mol. The van der Waals surface area contributed by atoms with Gasteiger partial charge >= 0.3 is 6.03 Å². The number of nitrogens with zero attached hydrogens (tertiary/aromatic N) is 2. The number of amides is 2. The molecule has 7 heteroatoms. The fourth-order valence-electron chi connectivity index (χ4n) is 2.69. The van der Waals surface area contributed by atoms with Crippen molar-refractivity contribution in [3.8, 4) is 0 Å². The average molecular weight is 301 g/mol. The van der Waals surface area contributed by atoms with Gasteiger partial charge in [0.1, 0.15) is 0 Å². The molecule has 5 nitrogen and oxygen atoms in total. The third-order valence-electron chi connectivity index (χ3n) is 3.59. The highest BCUT2D eigenvalue weighted by Crippen LogP contribution is 2.37. The highest BCUT2D eigenvalue weighted by atomic mass is 35.5. The number of carbonyl (C=O) groups excluding carboxylic acids is 1. The normalized spacial score (nSPS) is 22.4. The summed E-state index contributed by atoms with van der Waals surface area (Å²) in [5.41, 5.74) is 7.06. The van der Waals surface area contributed by atoms with Crippen LogP contribution in [0.3, 0.4) is 0 Å². The molecule has 2 aliphatic heterocycles. The zero-order valence-electron chi connectivity index (χ0n) is 10.2. The summed E-state index contributed by atoms with van der Waals surface area (Å²) in [4.78, 5) is 15.5. The lowest BCUT2D eigenvalue weighted by molar-refractivity contribution is 0.197. The Kier molecular flexibility index (Phi) is 3.11. The van der Waals surface area contributed by atoms with Crippen LogP contribution in [0, 0.1) is 0 Å². The number of urea groups is 1. The molecule has 1 aromatic rings. The van der Waals surface area contributed by atoms with E-state index in [1.165, 1.54) is 0 Å². The van der Waals surface area contributed by atoms with Crippen LogP contribution >= 0.6 is 23.2 Å². The second kappa shape index (κ2) is 4.65. The van der Waals surface area contributed by atoms with E-state index in [-0.39, 0.29) is 12.1 Å². The van der Waals surface area contributed by atoms with E-state index in [0.717, 1.165) is 12.2 Å². The van der Waals surface area contributed by atoms with Gasteiger partial charge in [0.15, 0.2) is 0 Å². The summed E-state index contributed by atoms with van der Waals surface area (Å²) in [7, 11) is 0. The minimum absolute atomic E-state index is 0.0131. The lowest BCUT2D eigenvalue weighted by Gasteiger charge is -2.38. The molecular formula is C12H14Cl2N4O. The molecule has 0 bridgehead atoms. The molecule has 2 heterocycles. The minimum Gasteiger partial charge on any atom is -0.399 e. The molecule has 0 aromatic heterocycles. The van der Waals surface area contributed by atoms with Gasteiger partial charge in [-0.1, -0.05) is 23.2 Å². The van der Waals surface area contributed by atoms with Crippen molar-refractivity contribution in [1.29, 1.82) is 0 Å². The number of piperazine rings is 1. The third-order valence-corrected chi connectivity index (χ3v) is 4.16. The number of benzene rings is 1. The largest absolute Gasteiger partial charge is 0.399 e. The molecular weight excluding hydrogens is 287 g/mol. The van der Waals surface area contributed by atoms with E-state index in [2.05, 4.69) is 10.2 Å². The smallest absolute Gasteiger partial charge is 0.317 e. The summed E-state index contributed by atoms with van der Waals surface area (Å²) < 4.78 is 0. The fourth-order valence-corrected chi connectivity index (χ4v) is 3.44. The molecule has 0 saturated carbocycles. The van der Waals surface area contributed by atoms with Gasteiger partial charge in [0.25, 0.3) is 0 Å². The van der Waals surface area contributed by atoms with Crippen LogP contribution in [0.5, 0.6) is 0 Å². The number of anilines is 2. The van der Waals surface area contributed by atoms with Crippen molar-refractivity contribution in [1.82, 2.24) is 10.2 Å². The van der Waals surface area contributed by atoms with Gasteiger partial charge in [0.05, 0.1) is 21.8 Å². The molecule has 2 saturated heterocycles. The first-order chi connectivity index (χ1) is 9.06. The second-order valence-electron chi connectivity index (χ2n) is 4.81. The number of halogens is 2. The van der Waals surface area contributed by atoms with Gasteiger partial charge in [-0.2, -0.15) is 0 Å². The summed E-state index contributed by atoms with van der Waals surface area (Å²) in [6, 6.07) is 3.59. The molecule has 0 aliphatic carbocycles. The Bertz CT molecular complexity index is 513. The maximum absolute atomic E-state index is 11.6. The molecule has 3 N–H and O–H groups in total. The highest BCUT2D eigenvalue weighted by molar-refractivity contribution is 6.39. The van der Waals surface area contributed by atoms with E-state index >= 15 is 0 Å². The number of nitrogens with two attached hydrogens (primary N) is 1. The van der Waals surface area contributed by atoms with E-state index in [1.807, 2.05) is 4.90 Å². The van der Waals surface area contributed by atoms with Gasteiger partial charge in [-0.25, -0.2) is 4.79 Å². The molecule has 1 unspecified atom stereocenters. The number of carbonyl (C=O) groups is 1. The first-order valence-corrected chi connectivity index (χ1v) is 6.86. The lowest BCUT2D eigenvalue weighted by Crippen LogP contribution is -2.52. The molecule has 0 radical (unpaired) electrons. The van der Waals surface area contributed by atoms with Crippen molar-refractivity contribution in [2.24, 2.45) is 0 Å². The topological polar surface area (TPSA) is 61.6 Å². The molecule has 3 rings (SSSR count). The van der Waals surface area contributed by atoms with Crippen LogP contribution in [-0.2, 0) is 0 Å². The molecule has 0 spiro atoms. The van der Waals surface area contributed by atoms with Crippen molar-refractivity contribution in [2.45, 2.75) is 6.04 Å². The van der Waals surface area contributed by atoms with Crippen molar-refractivity contribution in [3.63, 3.8) is 0 Å². The van der Waals surface area contributed by atoms with Crippen LogP contribution in [0.4, 0.5) is 16.2 Å².